The van der Waals surface area contributed by atoms with Crippen LogP contribution in [0.2, 0.25) is 5.02 Å². The molecule has 3 rings (SSSR count). The van der Waals surface area contributed by atoms with E-state index in [1.807, 2.05) is 5.32 Å². The third-order valence-corrected chi connectivity index (χ3v) is 6.39. The fraction of sp³-hybridized carbons (Fsp3) is 0.300. The van der Waals surface area contributed by atoms with Crippen LogP contribution >= 0.6 is 11.6 Å². The van der Waals surface area contributed by atoms with Gasteiger partial charge in [-0.15, -0.1) is 0 Å². The molecule has 2 N–H and O–H groups in total. The topological polar surface area (TPSA) is 102 Å². The smallest absolute Gasteiger partial charge is 0.418 e. The van der Waals surface area contributed by atoms with Gasteiger partial charge in [-0.25, -0.2) is 17.9 Å². The van der Waals surface area contributed by atoms with Crippen LogP contribution in [-0.4, -0.2) is 32.9 Å². The SMILES string of the molecule is Cc1ccc(S(=O)(=O)NC2CC2)cc1C(=O)OCC(=O)Nc1c(Cl)cccc1C(F)(F)F. The number of halogens is 4. The average Bonchev–Trinajstić information content (AvgIpc) is 3.50. The Morgan fingerprint density at radius 1 is 1.19 bits per heavy atom. The number of anilines is 1. The normalized spacial score (nSPS) is 14.2. The summed E-state index contributed by atoms with van der Waals surface area (Å²) in [4.78, 5) is 24.4. The molecule has 0 aromatic heterocycles. The van der Waals surface area contributed by atoms with Crippen LogP contribution in [0.1, 0.15) is 34.3 Å². The number of hydrogen-bond acceptors (Lipinski definition) is 5. The van der Waals surface area contributed by atoms with Crippen molar-refractivity contribution in [3.05, 3.63) is 58.1 Å². The number of ether oxygens (including phenoxy) is 1. The highest BCUT2D eigenvalue weighted by Gasteiger charge is 2.35. The summed E-state index contributed by atoms with van der Waals surface area (Å²) in [5, 5.41) is 1.66. The van der Waals surface area contributed by atoms with Gasteiger partial charge in [0.15, 0.2) is 6.61 Å². The van der Waals surface area contributed by atoms with Crippen molar-refractivity contribution in [2.45, 2.75) is 36.9 Å². The summed E-state index contributed by atoms with van der Waals surface area (Å²) in [5.41, 5.74) is -1.50. The van der Waals surface area contributed by atoms with E-state index in [-0.39, 0.29) is 21.5 Å². The Bertz CT molecular complexity index is 1160. The minimum Gasteiger partial charge on any atom is -0.452 e. The van der Waals surface area contributed by atoms with Crippen molar-refractivity contribution in [3.63, 3.8) is 0 Å². The number of para-hydroxylation sites is 1. The molecule has 1 aliphatic rings. The Morgan fingerprint density at radius 2 is 1.88 bits per heavy atom. The number of benzene rings is 2. The van der Waals surface area contributed by atoms with Crippen molar-refractivity contribution in [1.29, 1.82) is 0 Å². The lowest BCUT2D eigenvalue weighted by molar-refractivity contribution is -0.137. The van der Waals surface area contributed by atoms with E-state index in [9.17, 15) is 31.2 Å². The van der Waals surface area contributed by atoms with Crippen molar-refractivity contribution in [1.82, 2.24) is 4.72 Å². The number of aryl methyl sites for hydroxylation is 1. The summed E-state index contributed by atoms with van der Waals surface area (Å²) in [7, 11) is -3.82. The van der Waals surface area contributed by atoms with Crippen molar-refractivity contribution in [3.8, 4) is 0 Å². The second-order valence-electron chi connectivity index (χ2n) is 7.16. The van der Waals surface area contributed by atoms with E-state index in [0.29, 0.717) is 5.56 Å². The minimum absolute atomic E-state index is 0.0924. The average molecular weight is 491 g/mol. The molecule has 0 bridgehead atoms. The zero-order valence-corrected chi connectivity index (χ0v) is 18.2. The summed E-state index contributed by atoms with van der Waals surface area (Å²) >= 11 is 5.77. The highest BCUT2D eigenvalue weighted by atomic mass is 35.5. The fourth-order valence-corrected chi connectivity index (χ4v) is 4.30. The number of carbonyl (C=O) groups excluding carboxylic acids is 2. The van der Waals surface area contributed by atoms with E-state index in [1.54, 1.807) is 6.92 Å². The number of sulfonamides is 1. The molecule has 172 valence electrons. The quantitative estimate of drug-likeness (QED) is 0.573. The number of hydrogen-bond donors (Lipinski definition) is 2. The predicted molar refractivity (Wildman–Crippen MR) is 110 cm³/mol. The summed E-state index contributed by atoms with van der Waals surface area (Å²) in [5.74, 6) is -2.05. The van der Waals surface area contributed by atoms with E-state index in [2.05, 4.69) is 4.72 Å². The highest BCUT2D eigenvalue weighted by Crippen LogP contribution is 2.38. The molecule has 0 spiro atoms. The molecular weight excluding hydrogens is 473 g/mol. The molecule has 0 unspecified atom stereocenters. The van der Waals surface area contributed by atoms with Crippen LogP contribution in [0.25, 0.3) is 0 Å². The number of rotatable bonds is 7. The number of nitrogens with one attached hydrogen (secondary N) is 2. The lowest BCUT2D eigenvalue weighted by Crippen LogP contribution is -2.26. The van der Waals surface area contributed by atoms with Crippen LogP contribution in [0.15, 0.2) is 41.3 Å². The molecule has 0 radical (unpaired) electrons. The third-order valence-electron chi connectivity index (χ3n) is 4.56. The molecule has 1 saturated carbocycles. The summed E-state index contributed by atoms with van der Waals surface area (Å²) in [6, 6.07) is 6.74. The number of alkyl halides is 3. The van der Waals surface area contributed by atoms with Gasteiger partial charge in [-0.2, -0.15) is 13.2 Å². The Morgan fingerprint density at radius 3 is 2.50 bits per heavy atom. The van der Waals surface area contributed by atoms with Gasteiger partial charge in [-0.3, -0.25) is 4.79 Å². The molecule has 0 heterocycles. The van der Waals surface area contributed by atoms with Crippen molar-refractivity contribution in [2.75, 3.05) is 11.9 Å². The third kappa shape index (κ3) is 5.78. The molecule has 1 amide bonds. The van der Waals surface area contributed by atoms with Gasteiger partial charge in [-0.05, 0) is 49.6 Å². The van der Waals surface area contributed by atoms with E-state index in [4.69, 9.17) is 16.3 Å². The molecular formula is C20H18ClF3N2O5S. The maximum Gasteiger partial charge on any atom is 0.418 e. The van der Waals surface area contributed by atoms with E-state index in [1.165, 1.54) is 18.2 Å². The standard InChI is InChI=1S/C20H18ClF3N2O5S/c1-11-5-8-13(32(29,30)26-12-6-7-12)9-14(11)19(28)31-10-17(27)25-18-15(20(22,23)24)3-2-4-16(18)21/h2-5,8-9,12,26H,6-7,10H2,1H3,(H,25,27). The lowest BCUT2D eigenvalue weighted by Gasteiger charge is -2.15. The monoisotopic (exact) mass is 490 g/mol. The molecule has 0 atom stereocenters. The second-order valence-corrected chi connectivity index (χ2v) is 9.28. The number of amides is 1. The highest BCUT2D eigenvalue weighted by molar-refractivity contribution is 7.89. The zero-order valence-electron chi connectivity index (χ0n) is 16.6. The molecule has 0 aliphatic heterocycles. The molecule has 2 aromatic carbocycles. The Hall–Kier alpha value is -2.63. The number of esters is 1. The summed E-state index contributed by atoms with van der Waals surface area (Å²) in [6.07, 6.45) is -3.30. The molecule has 0 saturated heterocycles. The molecule has 32 heavy (non-hydrogen) atoms. The minimum atomic E-state index is -4.76. The van der Waals surface area contributed by atoms with Crippen molar-refractivity contribution < 1.29 is 35.9 Å². The Balaban J connectivity index is 1.70. The Labute approximate surface area is 186 Å². The van der Waals surface area contributed by atoms with Gasteiger partial charge in [0.1, 0.15) is 0 Å². The van der Waals surface area contributed by atoms with Gasteiger partial charge >= 0.3 is 12.1 Å². The van der Waals surface area contributed by atoms with E-state index in [0.717, 1.165) is 31.0 Å². The van der Waals surface area contributed by atoms with Gasteiger partial charge in [-0.1, -0.05) is 23.7 Å². The molecule has 1 aliphatic carbocycles. The van der Waals surface area contributed by atoms with Crippen LogP contribution < -0.4 is 10.0 Å². The first-order chi connectivity index (χ1) is 14.9. The van der Waals surface area contributed by atoms with Gasteiger partial charge in [0.25, 0.3) is 5.91 Å². The first-order valence-corrected chi connectivity index (χ1v) is 11.2. The maximum absolute atomic E-state index is 13.1. The predicted octanol–water partition coefficient (Wildman–Crippen LogP) is 3.90. The molecule has 1 fully saturated rings. The van der Waals surface area contributed by atoms with Gasteiger partial charge in [0.05, 0.1) is 26.7 Å². The molecule has 2 aromatic rings. The van der Waals surface area contributed by atoms with Crippen LogP contribution in [-0.2, 0) is 25.7 Å². The largest absolute Gasteiger partial charge is 0.452 e. The van der Waals surface area contributed by atoms with Crippen LogP contribution in [0.5, 0.6) is 0 Å². The van der Waals surface area contributed by atoms with Gasteiger partial charge in [0, 0.05) is 6.04 Å². The van der Waals surface area contributed by atoms with E-state index < -0.39 is 45.9 Å². The second kappa shape index (κ2) is 9.08. The zero-order chi connectivity index (χ0) is 23.7. The van der Waals surface area contributed by atoms with Crippen molar-refractivity contribution >= 4 is 39.2 Å². The first-order valence-electron chi connectivity index (χ1n) is 9.34. The van der Waals surface area contributed by atoms with Crippen molar-refractivity contribution in [2.24, 2.45) is 0 Å². The Kier molecular flexibility index (Phi) is 6.82. The van der Waals surface area contributed by atoms with Crippen LogP contribution in [0.4, 0.5) is 18.9 Å². The van der Waals surface area contributed by atoms with E-state index >= 15 is 0 Å². The van der Waals surface area contributed by atoms with Crippen LogP contribution in [0.3, 0.4) is 0 Å². The molecule has 7 nitrogen and oxygen atoms in total. The van der Waals surface area contributed by atoms with Gasteiger partial charge < -0.3 is 10.1 Å². The summed E-state index contributed by atoms with van der Waals surface area (Å²) < 4.78 is 71.4. The fourth-order valence-electron chi connectivity index (χ4n) is 2.75. The molecule has 12 heteroatoms. The number of carbonyl (C=O) groups is 2. The first kappa shape index (κ1) is 24.0. The lowest BCUT2D eigenvalue weighted by atomic mass is 10.1. The maximum atomic E-state index is 13.1. The summed E-state index contributed by atoms with van der Waals surface area (Å²) in [6.45, 7) is 0.638. The van der Waals surface area contributed by atoms with Gasteiger partial charge in [0.2, 0.25) is 10.0 Å². The van der Waals surface area contributed by atoms with Crippen LogP contribution in [0, 0.1) is 6.92 Å².